The molecule has 1 aromatic carbocycles. The number of rotatable bonds is 5. The van der Waals surface area contributed by atoms with Gasteiger partial charge in [0, 0.05) is 44.8 Å². The molecular formula is C23H34N4O4. The van der Waals surface area contributed by atoms with Crippen LogP contribution in [0.2, 0.25) is 0 Å². The molecule has 8 heteroatoms. The number of likely N-dealkylation sites (tertiary alicyclic amines) is 1. The van der Waals surface area contributed by atoms with Crippen molar-refractivity contribution in [2.75, 3.05) is 46.4 Å². The highest BCUT2D eigenvalue weighted by Crippen LogP contribution is 2.16. The van der Waals surface area contributed by atoms with E-state index in [1.807, 2.05) is 23.6 Å². The van der Waals surface area contributed by atoms with Gasteiger partial charge in [-0.2, -0.15) is 0 Å². The van der Waals surface area contributed by atoms with Crippen molar-refractivity contribution in [1.82, 2.24) is 20.0 Å². The summed E-state index contributed by atoms with van der Waals surface area (Å²) in [4.78, 5) is 44.1. The summed E-state index contributed by atoms with van der Waals surface area (Å²) >= 11 is 0. The number of hydrogen-bond acceptors (Lipinski definition) is 4. The molecule has 3 rings (SSSR count). The third kappa shape index (κ3) is 5.68. The number of benzene rings is 1. The first kappa shape index (κ1) is 22.9. The molecule has 1 unspecified atom stereocenters. The van der Waals surface area contributed by atoms with E-state index in [2.05, 4.69) is 5.32 Å². The number of urea groups is 1. The fourth-order valence-electron chi connectivity index (χ4n) is 4.08. The number of nitrogens with one attached hydrogen (secondary N) is 1. The van der Waals surface area contributed by atoms with Gasteiger partial charge in [-0.3, -0.25) is 9.59 Å². The first-order valence-corrected chi connectivity index (χ1v) is 11.2. The number of carbonyl (C=O) groups is 3. The van der Waals surface area contributed by atoms with Crippen molar-refractivity contribution in [1.29, 1.82) is 0 Å². The third-order valence-corrected chi connectivity index (χ3v) is 6.06. The van der Waals surface area contributed by atoms with Gasteiger partial charge in [0.1, 0.15) is 11.8 Å². The van der Waals surface area contributed by atoms with Gasteiger partial charge in [0.05, 0.1) is 7.11 Å². The van der Waals surface area contributed by atoms with Crippen LogP contribution >= 0.6 is 0 Å². The predicted octanol–water partition coefficient (Wildman–Crippen LogP) is 2.20. The minimum absolute atomic E-state index is 0.0530. The van der Waals surface area contributed by atoms with Crippen LogP contribution in [-0.2, 0) is 4.79 Å². The predicted molar refractivity (Wildman–Crippen MR) is 118 cm³/mol. The quantitative estimate of drug-likeness (QED) is 0.776. The van der Waals surface area contributed by atoms with E-state index < -0.39 is 6.04 Å². The van der Waals surface area contributed by atoms with Gasteiger partial charge < -0.3 is 24.8 Å². The van der Waals surface area contributed by atoms with Crippen LogP contribution < -0.4 is 10.1 Å². The molecule has 4 amide bonds. The Labute approximate surface area is 184 Å². The Hall–Kier alpha value is -2.77. The van der Waals surface area contributed by atoms with E-state index in [9.17, 15) is 14.4 Å². The van der Waals surface area contributed by atoms with Crippen LogP contribution in [0.25, 0.3) is 0 Å². The number of piperidine rings is 1. The molecular weight excluding hydrogens is 396 g/mol. The molecule has 2 aliphatic rings. The molecule has 0 bridgehead atoms. The van der Waals surface area contributed by atoms with E-state index in [1.54, 1.807) is 36.3 Å². The van der Waals surface area contributed by atoms with Crippen LogP contribution in [-0.4, -0.2) is 85.0 Å². The summed E-state index contributed by atoms with van der Waals surface area (Å²) in [7, 11) is 1.57. The second kappa shape index (κ2) is 10.5. The fourth-order valence-corrected chi connectivity index (χ4v) is 4.08. The molecule has 170 valence electrons. The SMILES string of the molecule is COc1ccc(C(=O)NC(C(=O)N2CCN(C(=O)N3CCCCC3)CC2)C(C)C)cc1. The topological polar surface area (TPSA) is 82.2 Å². The lowest BCUT2D eigenvalue weighted by molar-refractivity contribution is -0.135. The Morgan fingerprint density at radius 1 is 0.839 bits per heavy atom. The zero-order valence-electron chi connectivity index (χ0n) is 18.8. The molecule has 1 aromatic rings. The lowest BCUT2D eigenvalue weighted by atomic mass is 10.0. The normalized spacial score (nSPS) is 18.0. The van der Waals surface area contributed by atoms with Gasteiger partial charge >= 0.3 is 6.03 Å². The second-order valence-electron chi connectivity index (χ2n) is 8.57. The summed E-state index contributed by atoms with van der Waals surface area (Å²) < 4.78 is 5.13. The molecule has 2 fully saturated rings. The average Bonchev–Trinajstić information content (AvgIpc) is 2.82. The van der Waals surface area contributed by atoms with Gasteiger partial charge in [-0.25, -0.2) is 4.79 Å². The van der Waals surface area contributed by atoms with Gasteiger partial charge in [-0.1, -0.05) is 13.8 Å². The Morgan fingerprint density at radius 3 is 1.94 bits per heavy atom. The van der Waals surface area contributed by atoms with Gasteiger partial charge in [0.2, 0.25) is 5.91 Å². The maximum absolute atomic E-state index is 13.2. The summed E-state index contributed by atoms with van der Waals surface area (Å²) in [5.74, 6) is 0.239. The highest BCUT2D eigenvalue weighted by molar-refractivity contribution is 5.97. The van der Waals surface area contributed by atoms with Gasteiger partial charge in [0.15, 0.2) is 0 Å². The number of nitrogens with zero attached hydrogens (tertiary/aromatic N) is 3. The summed E-state index contributed by atoms with van der Waals surface area (Å²) in [6.07, 6.45) is 3.31. The Kier molecular flexibility index (Phi) is 7.76. The van der Waals surface area contributed by atoms with Crippen molar-refractivity contribution in [2.24, 2.45) is 5.92 Å². The fraction of sp³-hybridized carbons (Fsp3) is 0.609. The molecule has 8 nitrogen and oxygen atoms in total. The smallest absolute Gasteiger partial charge is 0.320 e. The monoisotopic (exact) mass is 430 g/mol. The zero-order chi connectivity index (χ0) is 22.4. The van der Waals surface area contributed by atoms with Crippen LogP contribution in [0.3, 0.4) is 0 Å². The largest absolute Gasteiger partial charge is 0.497 e. The molecule has 0 saturated carbocycles. The van der Waals surface area contributed by atoms with E-state index in [0.29, 0.717) is 37.5 Å². The van der Waals surface area contributed by atoms with Crippen molar-refractivity contribution >= 4 is 17.8 Å². The lowest BCUT2D eigenvalue weighted by Crippen LogP contribution is -2.58. The van der Waals surface area contributed by atoms with Crippen molar-refractivity contribution in [3.05, 3.63) is 29.8 Å². The molecule has 0 spiro atoms. The molecule has 1 atom stereocenters. The lowest BCUT2D eigenvalue weighted by Gasteiger charge is -2.40. The second-order valence-corrected chi connectivity index (χ2v) is 8.57. The Bertz CT molecular complexity index is 766. The molecule has 2 aliphatic heterocycles. The van der Waals surface area contributed by atoms with E-state index in [4.69, 9.17) is 4.74 Å². The maximum Gasteiger partial charge on any atom is 0.320 e. The highest BCUT2D eigenvalue weighted by Gasteiger charge is 2.33. The van der Waals surface area contributed by atoms with Crippen molar-refractivity contribution in [3.63, 3.8) is 0 Å². The van der Waals surface area contributed by atoms with Crippen LogP contribution in [0.5, 0.6) is 5.75 Å². The first-order valence-electron chi connectivity index (χ1n) is 11.2. The van der Waals surface area contributed by atoms with Crippen molar-refractivity contribution in [2.45, 2.75) is 39.2 Å². The van der Waals surface area contributed by atoms with Crippen molar-refractivity contribution in [3.8, 4) is 5.75 Å². The number of hydrogen-bond donors (Lipinski definition) is 1. The van der Waals surface area contributed by atoms with Gasteiger partial charge in [0.25, 0.3) is 5.91 Å². The molecule has 2 heterocycles. The van der Waals surface area contributed by atoms with Crippen LogP contribution in [0.15, 0.2) is 24.3 Å². The summed E-state index contributed by atoms with van der Waals surface area (Å²) in [5, 5.41) is 2.89. The molecule has 0 aliphatic carbocycles. The van der Waals surface area contributed by atoms with Crippen LogP contribution in [0.4, 0.5) is 4.79 Å². The first-order chi connectivity index (χ1) is 14.9. The molecule has 0 aromatic heterocycles. The Morgan fingerprint density at radius 2 is 1.39 bits per heavy atom. The third-order valence-electron chi connectivity index (χ3n) is 6.06. The van der Waals surface area contributed by atoms with Crippen LogP contribution in [0, 0.1) is 5.92 Å². The van der Waals surface area contributed by atoms with Gasteiger partial charge in [-0.15, -0.1) is 0 Å². The minimum Gasteiger partial charge on any atom is -0.497 e. The van der Waals surface area contributed by atoms with E-state index in [-0.39, 0.29) is 23.8 Å². The summed E-state index contributed by atoms with van der Waals surface area (Å²) in [5.41, 5.74) is 0.483. The average molecular weight is 431 g/mol. The molecule has 2 saturated heterocycles. The van der Waals surface area contributed by atoms with E-state index in [0.717, 1.165) is 25.9 Å². The Balaban J connectivity index is 1.56. The van der Waals surface area contributed by atoms with Crippen LogP contribution in [0.1, 0.15) is 43.5 Å². The number of ether oxygens (including phenoxy) is 1. The molecule has 31 heavy (non-hydrogen) atoms. The standard InChI is InChI=1S/C23H34N4O4/c1-17(2)20(24-21(28)18-7-9-19(31-3)10-8-18)22(29)25-13-15-27(16-14-25)23(30)26-11-5-4-6-12-26/h7-10,17,20H,4-6,11-16H2,1-3H3,(H,24,28). The highest BCUT2D eigenvalue weighted by atomic mass is 16.5. The van der Waals surface area contributed by atoms with E-state index >= 15 is 0 Å². The molecule has 1 N–H and O–H groups in total. The maximum atomic E-state index is 13.2. The summed E-state index contributed by atoms with van der Waals surface area (Å²) in [6.45, 7) is 7.52. The number of amides is 4. The number of carbonyl (C=O) groups excluding carboxylic acids is 3. The number of piperazine rings is 1. The minimum atomic E-state index is -0.612. The molecule has 0 radical (unpaired) electrons. The summed E-state index contributed by atoms with van der Waals surface area (Å²) in [6, 6.07) is 6.28. The van der Waals surface area contributed by atoms with Crippen molar-refractivity contribution < 1.29 is 19.1 Å². The van der Waals surface area contributed by atoms with Gasteiger partial charge in [-0.05, 0) is 49.4 Å². The van der Waals surface area contributed by atoms with E-state index in [1.165, 1.54) is 6.42 Å². The number of methoxy groups -OCH3 is 1. The zero-order valence-corrected chi connectivity index (χ0v) is 18.8.